The second kappa shape index (κ2) is 7.02. The highest BCUT2D eigenvalue weighted by molar-refractivity contribution is 5.83. The molecule has 3 aromatic heterocycles. The number of rotatable bonds is 4. The van der Waals surface area contributed by atoms with Crippen LogP contribution in [-0.2, 0) is 0 Å². The smallest absolute Gasteiger partial charge is 0.228 e. The number of fused-ring (bicyclic) bond motifs is 1. The minimum absolute atomic E-state index is 0.238. The second-order valence-corrected chi connectivity index (χ2v) is 7.94. The van der Waals surface area contributed by atoms with E-state index < -0.39 is 5.82 Å². The van der Waals surface area contributed by atoms with Crippen LogP contribution >= 0.6 is 0 Å². The van der Waals surface area contributed by atoms with Crippen molar-refractivity contribution in [3.05, 3.63) is 47.2 Å². The average Bonchev–Trinajstić information content (AvgIpc) is 3.34. The van der Waals surface area contributed by atoms with E-state index in [1.807, 2.05) is 12.4 Å². The fourth-order valence-corrected chi connectivity index (χ4v) is 3.98. The number of hydrogen-bond acceptors (Lipinski definition) is 6. The summed E-state index contributed by atoms with van der Waals surface area (Å²) in [6.45, 7) is 5.04. The van der Waals surface area contributed by atoms with Crippen molar-refractivity contribution in [1.82, 2.24) is 24.6 Å². The van der Waals surface area contributed by atoms with Gasteiger partial charge < -0.3 is 5.32 Å². The first-order chi connectivity index (χ1) is 14.1. The van der Waals surface area contributed by atoms with Crippen LogP contribution in [0.2, 0.25) is 0 Å². The van der Waals surface area contributed by atoms with E-state index in [1.165, 1.54) is 23.4 Å². The Morgan fingerprint density at radius 1 is 1.21 bits per heavy atom. The monoisotopic (exact) mass is 391 g/mol. The normalized spacial score (nSPS) is 18.7. The van der Waals surface area contributed by atoms with Crippen molar-refractivity contribution in [3.63, 3.8) is 0 Å². The third-order valence-corrected chi connectivity index (χ3v) is 5.56. The summed E-state index contributed by atoms with van der Waals surface area (Å²) in [5, 5.41) is 8.08. The Morgan fingerprint density at radius 3 is 2.93 bits per heavy atom. The fourth-order valence-electron chi connectivity index (χ4n) is 3.98. The largest absolute Gasteiger partial charge is 0.351 e. The summed E-state index contributed by atoms with van der Waals surface area (Å²) < 4.78 is 15.5. The molecule has 1 N–H and O–H groups in total. The molecule has 1 atom stereocenters. The number of anilines is 1. The molecular formula is C21H22FN7. The van der Waals surface area contributed by atoms with Gasteiger partial charge in [-0.25, -0.2) is 9.37 Å². The summed E-state index contributed by atoms with van der Waals surface area (Å²) in [5.74, 6) is 0.897. The van der Waals surface area contributed by atoms with Gasteiger partial charge in [-0.1, -0.05) is 13.8 Å². The van der Waals surface area contributed by atoms with Crippen molar-refractivity contribution in [3.8, 4) is 11.4 Å². The molecule has 0 bridgehead atoms. The standard InChI is InChI=1S/C21H22FN7/c1-12(2)18-11-25-29-20(18)27-19(15-5-16(22)10-24-9-15)28-21(29)26-17-4-3-13-7-23-8-14(13)6-17/h5,8-12,17H,3-4,6-7H2,1-2H3,(H,26,27,28)/t17-/m1/s1. The van der Waals surface area contributed by atoms with Gasteiger partial charge in [-0.3, -0.25) is 9.98 Å². The van der Waals surface area contributed by atoms with Crippen LogP contribution in [0.1, 0.15) is 44.6 Å². The number of nitrogens with one attached hydrogen (secondary N) is 1. The predicted octanol–water partition coefficient (Wildman–Crippen LogP) is 3.79. The zero-order valence-electron chi connectivity index (χ0n) is 16.4. The maximum absolute atomic E-state index is 13.7. The lowest BCUT2D eigenvalue weighted by Crippen LogP contribution is -2.26. The molecule has 0 saturated heterocycles. The summed E-state index contributed by atoms with van der Waals surface area (Å²) >= 11 is 0. The van der Waals surface area contributed by atoms with Crippen LogP contribution < -0.4 is 5.32 Å². The SMILES string of the molecule is CC(C)c1cnn2c(N[C@@H]3CCC4=C(C=NC4)C3)nc(-c3cncc(F)c3)nc12. The first kappa shape index (κ1) is 17.9. The highest BCUT2D eigenvalue weighted by atomic mass is 19.1. The Kier molecular flexibility index (Phi) is 4.34. The Morgan fingerprint density at radius 2 is 2.10 bits per heavy atom. The third-order valence-electron chi connectivity index (χ3n) is 5.56. The van der Waals surface area contributed by atoms with Gasteiger partial charge in [0.25, 0.3) is 0 Å². The summed E-state index contributed by atoms with van der Waals surface area (Å²) in [6.07, 6.45) is 9.55. The Labute approximate surface area is 167 Å². The van der Waals surface area contributed by atoms with Crippen LogP contribution in [0.25, 0.3) is 17.0 Å². The molecule has 1 aliphatic carbocycles. The Balaban J connectivity index is 1.57. The third kappa shape index (κ3) is 3.28. The minimum atomic E-state index is -0.412. The highest BCUT2D eigenvalue weighted by Gasteiger charge is 2.24. The molecule has 0 fully saturated rings. The van der Waals surface area contributed by atoms with Crippen LogP contribution in [0.3, 0.4) is 0 Å². The molecule has 3 aromatic rings. The van der Waals surface area contributed by atoms with E-state index >= 15 is 0 Å². The van der Waals surface area contributed by atoms with Crippen LogP contribution in [0, 0.1) is 5.82 Å². The Hall–Kier alpha value is -3.16. The van der Waals surface area contributed by atoms with E-state index in [9.17, 15) is 4.39 Å². The molecule has 0 unspecified atom stereocenters. The van der Waals surface area contributed by atoms with Crippen LogP contribution in [0.4, 0.5) is 10.3 Å². The van der Waals surface area contributed by atoms with Gasteiger partial charge in [0.15, 0.2) is 11.5 Å². The average molecular weight is 391 g/mol. The van der Waals surface area contributed by atoms with E-state index in [0.29, 0.717) is 17.3 Å². The van der Waals surface area contributed by atoms with Gasteiger partial charge in [-0.2, -0.15) is 14.6 Å². The van der Waals surface area contributed by atoms with Crippen molar-refractivity contribution < 1.29 is 4.39 Å². The van der Waals surface area contributed by atoms with Gasteiger partial charge in [-0.15, -0.1) is 0 Å². The number of aromatic nitrogens is 5. The molecule has 1 aliphatic heterocycles. The molecular weight excluding hydrogens is 369 g/mol. The zero-order valence-corrected chi connectivity index (χ0v) is 16.4. The summed E-state index contributed by atoms with van der Waals surface area (Å²) in [5.41, 5.74) is 5.08. The molecule has 0 spiro atoms. The van der Waals surface area contributed by atoms with Gasteiger partial charge in [0, 0.05) is 29.6 Å². The maximum atomic E-state index is 13.7. The lowest BCUT2D eigenvalue weighted by Gasteiger charge is -2.24. The van der Waals surface area contributed by atoms with Crippen molar-refractivity contribution in [2.75, 3.05) is 11.9 Å². The van der Waals surface area contributed by atoms with Crippen molar-refractivity contribution in [1.29, 1.82) is 0 Å². The summed E-state index contributed by atoms with van der Waals surface area (Å²) in [4.78, 5) is 17.7. The number of hydrogen-bond donors (Lipinski definition) is 1. The molecule has 29 heavy (non-hydrogen) atoms. The number of pyridine rings is 1. The van der Waals surface area contributed by atoms with Crippen LogP contribution in [0.15, 0.2) is 40.8 Å². The highest BCUT2D eigenvalue weighted by Crippen LogP contribution is 2.30. The topological polar surface area (TPSA) is 80.4 Å². The van der Waals surface area contributed by atoms with E-state index in [2.05, 4.69) is 44.2 Å². The van der Waals surface area contributed by atoms with Gasteiger partial charge in [0.2, 0.25) is 5.95 Å². The van der Waals surface area contributed by atoms with Gasteiger partial charge in [0.1, 0.15) is 5.82 Å². The van der Waals surface area contributed by atoms with Crippen LogP contribution in [-0.4, -0.2) is 43.4 Å². The van der Waals surface area contributed by atoms with Crippen LogP contribution in [0.5, 0.6) is 0 Å². The van der Waals surface area contributed by atoms with Crippen molar-refractivity contribution >= 4 is 17.8 Å². The fraction of sp³-hybridized carbons (Fsp3) is 0.381. The van der Waals surface area contributed by atoms with E-state index in [0.717, 1.165) is 37.0 Å². The number of halogens is 1. The Bertz CT molecular complexity index is 1150. The first-order valence-corrected chi connectivity index (χ1v) is 9.92. The maximum Gasteiger partial charge on any atom is 0.228 e. The predicted molar refractivity (Wildman–Crippen MR) is 110 cm³/mol. The molecule has 2 aliphatic rings. The number of nitrogens with zero attached hydrogens (tertiary/aromatic N) is 6. The van der Waals surface area contributed by atoms with Crippen molar-refractivity contribution in [2.24, 2.45) is 4.99 Å². The van der Waals surface area contributed by atoms with Crippen molar-refractivity contribution in [2.45, 2.75) is 45.1 Å². The molecule has 148 valence electrons. The molecule has 0 saturated carbocycles. The quantitative estimate of drug-likeness (QED) is 0.732. The summed E-state index contributed by atoms with van der Waals surface area (Å²) in [7, 11) is 0. The lowest BCUT2D eigenvalue weighted by atomic mass is 9.90. The van der Waals surface area contributed by atoms with E-state index in [-0.39, 0.29) is 12.0 Å². The molecule has 0 radical (unpaired) electrons. The molecule has 7 nitrogen and oxygen atoms in total. The van der Waals surface area contributed by atoms with Gasteiger partial charge in [0.05, 0.1) is 18.9 Å². The summed E-state index contributed by atoms with van der Waals surface area (Å²) in [6, 6.07) is 1.64. The number of aliphatic imine (C=N–C) groups is 1. The second-order valence-electron chi connectivity index (χ2n) is 7.94. The molecule has 0 amide bonds. The van der Waals surface area contributed by atoms with Gasteiger partial charge in [-0.05, 0) is 42.4 Å². The first-order valence-electron chi connectivity index (χ1n) is 9.92. The van der Waals surface area contributed by atoms with E-state index in [4.69, 9.17) is 0 Å². The molecule has 0 aromatic carbocycles. The van der Waals surface area contributed by atoms with E-state index in [1.54, 1.807) is 10.7 Å². The molecule has 4 heterocycles. The molecule has 5 rings (SSSR count). The van der Waals surface area contributed by atoms with Gasteiger partial charge >= 0.3 is 0 Å². The zero-order chi connectivity index (χ0) is 20.0. The lowest BCUT2D eigenvalue weighted by molar-refractivity contribution is 0.607. The minimum Gasteiger partial charge on any atom is -0.351 e. The molecule has 8 heteroatoms.